The van der Waals surface area contributed by atoms with Crippen molar-refractivity contribution in [2.75, 3.05) is 6.61 Å². The summed E-state index contributed by atoms with van der Waals surface area (Å²) in [4.78, 5) is 16.4. The van der Waals surface area contributed by atoms with E-state index in [9.17, 15) is 4.79 Å². The topological polar surface area (TPSA) is 39.2 Å². The molecule has 0 radical (unpaired) electrons. The smallest absolute Gasteiger partial charge is 0.195 e. The molecule has 0 saturated heterocycles. The summed E-state index contributed by atoms with van der Waals surface area (Å²) in [5.41, 5.74) is 1.15. The molecule has 0 spiro atoms. The van der Waals surface area contributed by atoms with E-state index in [0.717, 1.165) is 10.9 Å². The van der Waals surface area contributed by atoms with Gasteiger partial charge in [0, 0.05) is 21.8 Å². The Bertz CT molecular complexity index is 584. The molecule has 0 aliphatic heterocycles. The van der Waals surface area contributed by atoms with E-state index in [1.165, 1.54) is 0 Å². The van der Waals surface area contributed by atoms with Crippen molar-refractivity contribution in [1.82, 2.24) is 4.98 Å². The molecule has 1 heterocycles. The van der Waals surface area contributed by atoms with E-state index >= 15 is 0 Å². The summed E-state index contributed by atoms with van der Waals surface area (Å²) in [5.74, 6) is 0.557. The van der Waals surface area contributed by atoms with Crippen molar-refractivity contribution >= 4 is 21.7 Å². The SMILES string of the molecule is CCCOc1cncc(C(=O)c2ccccc2Br)c1. The second-order valence-electron chi connectivity index (χ2n) is 4.07. The molecule has 0 atom stereocenters. The predicted molar refractivity (Wildman–Crippen MR) is 77.6 cm³/mol. The van der Waals surface area contributed by atoms with Gasteiger partial charge in [0.15, 0.2) is 5.78 Å². The first-order valence-electron chi connectivity index (χ1n) is 6.09. The normalized spacial score (nSPS) is 10.2. The maximum absolute atomic E-state index is 12.4. The van der Waals surface area contributed by atoms with Gasteiger partial charge in [0.25, 0.3) is 0 Å². The van der Waals surface area contributed by atoms with Crippen LogP contribution in [0.5, 0.6) is 5.75 Å². The highest BCUT2D eigenvalue weighted by atomic mass is 79.9. The van der Waals surface area contributed by atoms with Crippen molar-refractivity contribution in [2.45, 2.75) is 13.3 Å². The van der Waals surface area contributed by atoms with Crippen molar-refractivity contribution in [3.8, 4) is 5.75 Å². The van der Waals surface area contributed by atoms with Gasteiger partial charge in [-0.2, -0.15) is 0 Å². The molecule has 0 aliphatic carbocycles. The van der Waals surface area contributed by atoms with Crippen molar-refractivity contribution in [3.63, 3.8) is 0 Å². The highest BCUT2D eigenvalue weighted by Gasteiger charge is 2.13. The van der Waals surface area contributed by atoms with Crippen LogP contribution in [0.4, 0.5) is 0 Å². The van der Waals surface area contributed by atoms with E-state index in [4.69, 9.17) is 4.74 Å². The number of pyridine rings is 1. The molecule has 3 nitrogen and oxygen atoms in total. The molecule has 4 heteroatoms. The van der Waals surface area contributed by atoms with Crippen molar-refractivity contribution in [3.05, 3.63) is 58.3 Å². The highest BCUT2D eigenvalue weighted by molar-refractivity contribution is 9.10. The van der Waals surface area contributed by atoms with Crippen LogP contribution in [-0.4, -0.2) is 17.4 Å². The van der Waals surface area contributed by atoms with Gasteiger partial charge in [-0.25, -0.2) is 0 Å². The third kappa shape index (κ3) is 3.41. The van der Waals surface area contributed by atoms with Gasteiger partial charge in [-0.3, -0.25) is 9.78 Å². The lowest BCUT2D eigenvalue weighted by Gasteiger charge is -2.07. The zero-order chi connectivity index (χ0) is 13.7. The zero-order valence-corrected chi connectivity index (χ0v) is 12.2. The Morgan fingerprint density at radius 1 is 1.32 bits per heavy atom. The van der Waals surface area contributed by atoms with Gasteiger partial charge >= 0.3 is 0 Å². The first kappa shape index (κ1) is 13.7. The fourth-order valence-corrected chi connectivity index (χ4v) is 2.11. The summed E-state index contributed by atoms with van der Waals surface area (Å²) in [6.07, 6.45) is 4.09. The number of carbonyl (C=O) groups is 1. The molecule has 0 N–H and O–H groups in total. The molecular formula is C15H14BrNO2. The Balaban J connectivity index is 2.27. The molecule has 98 valence electrons. The molecule has 0 unspecified atom stereocenters. The maximum atomic E-state index is 12.4. The summed E-state index contributed by atoms with van der Waals surface area (Å²) in [7, 11) is 0. The Labute approximate surface area is 120 Å². The third-order valence-electron chi connectivity index (χ3n) is 2.57. The number of hydrogen-bond acceptors (Lipinski definition) is 3. The van der Waals surface area contributed by atoms with Gasteiger partial charge in [-0.15, -0.1) is 0 Å². The van der Waals surface area contributed by atoms with Gasteiger partial charge in [0.2, 0.25) is 0 Å². The average molecular weight is 320 g/mol. The van der Waals surface area contributed by atoms with Gasteiger partial charge < -0.3 is 4.74 Å². The van der Waals surface area contributed by atoms with Crippen LogP contribution in [0.2, 0.25) is 0 Å². The second-order valence-corrected chi connectivity index (χ2v) is 4.92. The van der Waals surface area contributed by atoms with Crippen molar-refractivity contribution < 1.29 is 9.53 Å². The number of aromatic nitrogens is 1. The number of ether oxygens (including phenoxy) is 1. The Hall–Kier alpha value is -1.68. The number of ketones is 1. The largest absolute Gasteiger partial charge is 0.492 e. The van der Waals surface area contributed by atoms with Crippen LogP contribution >= 0.6 is 15.9 Å². The summed E-state index contributed by atoms with van der Waals surface area (Å²) >= 11 is 3.38. The van der Waals surface area contributed by atoms with Crippen molar-refractivity contribution in [1.29, 1.82) is 0 Å². The zero-order valence-electron chi connectivity index (χ0n) is 10.6. The standard InChI is InChI=1S/C15H14BrNO2/c1-2-7-19-12-8-11(9-17-10-12)15(18)13-5-3-4-6-14(13)16/h3-6,8-10H,2,7H2,1H3. The molecule has 2 aromatic rings. The number of nitrogens with zero attached hydrogens (tertiary/aromatic N) is 1. The molecule has 2 rings (SSSR count). The lowest BCUT2D eigenvalue weighted by Crippen LogP contribution is -2.04. The second kappa shape index (κ2) is 6.48. The van der Waals surface area contributed by atoms with Gasteiger partial charge in [-0.1, -0.05) is 35.0 Å². The van der Waals surface area contributed by atoms with Crippen LogP contribution in [0.25, 0.3) is 0 Å². The van der Waals surface area contributed by atoms with E-state index in [1.54, 1.807) is 24.5 Å². The molecule has 0 aliphatic rings. The molecule has 0 fully saturated rings. The molecule has 1 aromatic heterocycles. The Morgan fingerprint density at radius 3 is 2.84 bits per heavy atom. The number of benzene rings is 1. The summed E-state index contributed by atoms with van der Waals surface area (Å²) < 4.78 is 6.26. The number of hydrogen-bond donors (Lipinski definition) is 0. The van der Waals surface area contributed by atoms with Crippen LogP contribution < -0.4 is 4.74 Å². The monoisotopic (exact) mass is 319 g/mol. The van der Waals surface area contributed by atoms with E-state index in [2.05, 4.69) is 20.9 Å². The third-order valence-corrected chi connectivity index (χ3v) is 3.26. The summed E-state index contributed by atoms with van der Waals surface area (Å²) in [5, 5.41) is 0. The Morgan fingerprint density at radius 2 is 2.11 bits per heavy atom. The van der Waals surface area contributed by atoms with Crippen LogP contribution in [0.15, 0.2) is 47.2 Å². The summed E-state index contributed by atoms with van der Waals surface area (Å²) in [6, 6.07) is 9.07. The average Bonchev–Trinajstić information content (AvgIpc) is 2.45. The lowest BCUT2D eigenvalue weighted by molar-refractivity contribution is 0.103. The molecular weight excluding hydrogens is 306 g/mol. The maximum Gasteiger partial charge on any atom is 0.195 e. The summed E-state index contributed by atoms with van der Waals surface area (Å²) in [6.45, 7) is 2.65. The van der Waals surface area contributed by atoms with Gasteiger partial charge in [0.1, 0.15) is 5.75 Å². The molecule has 0 amide bonds. The molecule has 0 saturated carbocycles. The predicted octanol–water partition coefficient (Wildman–Crippen LogP) is 3.86. The highest BCUT2D eigenvalue weighted by Crippen LogP contribution is 2.21. The van der Waals surface area contributed by atoms with Gasteiger partial charge in [0.05, 0.1) is 12.8 Å². The number of halogens is 1. The van der Waals surface area contributed by atoms with Gasteiger partial charge in [-0.05, 0) is 24.6 Å². The van der Waals surface area contributed by atoms with E-state index in [-0.39, 0.29) is 5.78 Å². The Kier molecular flexibility index (Phi) is 4.68. The van der Waals surface area contributed by atoms with E-state index in [1.807, 2.05) is 25.1 Å². The number of rotatable bonds is 5. The van der Waals surface area contributed by atoms with Crippen LogP contribution in [0, 0.1) is 0 Å². The molecule has 0 bridgehead atoms. The fourth-order valence-electron chi connectivity index (χ4n) is 1.64. The lowest BCUT2D eigenvalue weighted by atomic mass is 10.1. The molecule has 1 aromatic carbocycles. The van der Waals surface area contributed by atoms with Crippen LogP contribution in [0.3, 0.4) is 0 Å². The minimum atomic E-state index is -0.0677. The first-order valence-corrected chi connectivity index (χ1v) is 6.88. The minimum Gasteiger partial charge on any atom is -0.492 e. The van der Waals surface area contributed by atoms with E-state index < -0.39 is 0 Å². The quantitative estimate of drug-likeness (QED) is 0.785. The van der Waals surface area contributed by atoms with E-state index in [0.29, 0.717) is 23.5 Å². The fraction of sp³-hybridized carbons (Fsp3) is 0.200. The van der Waals surface area contributed by atoms with Crippen LogP contribution in [0.1, 0.15) is 29.3 Å². The minimum absolute atomic E-state index is 0.0677. The van der Waals surface area contributed by atoms with Crippen molar-refractivity contribution in [2.24, 2.45) is 0 Å². The number of carbonyl (C=O) groups excluding carboxylic acids is 1. The molecule has 19 heavy (non-hydrogen) atoms. The first-order chi connectivity index (χ1) is 9.22. The van der Waals surface area contributed by atoms with Crippen LogP contribution in [-0.2, 0) is 0 Å².